The number of thiophene rings is 1. The Hall–Kier alpha value is -1.98. The van der Waals surface area contributed by atoms with Crippen molar-refractivity contribution in [1.29, 1.82) is 0 Å². The van der Waals surface area contributed by atoms with Gasteiger partial charge in [0.05, 0.1) is 0 Å². The van der Waals surface area contributed by atoms with Crippen LogP contribution in [0.5, 0.6) is 0 Å². The lowest BCUT2D eigenvalue weighted by molar-refractivity contribution is 0.573. The van der Waals surface area contributed by atoms with Crippen LogP contribution in [-0.4, -0.2) is 14.5 Å². The monoisotopic (exact) mass is 326 g/mol. The van der Waals surface area contributed by atoms with Crippen LogP contribution in [-0.2, 0) is 6.54 Å². The summed E-state index contributed by atoms with van der Waals surface area (Å²) in [5, 5.41) is 3.58. The Labute approximate surface area is 141 Å². The second-order valence-electron chi connectivity index (χ2n) is 5.84. The second kappa shape index (κ2) is 6.64. The van der Waals surface area contributed by atoms with Gasteiger partial charge in [0.1, 0.15) is 11.6 Å². The molecule has 3 rings (SSSR count). The molecular weight excluding hydrogens is 304 g/mol. The minimum absolute atomic E-state index is 0.343. The Kier molecular flexibility index (Phi) is 4.59. The predicted octanol–water partition coefficient (Wildman–Crippen LogP) is 4.10. The molecule has 0 saturated carbocycles. The van der Waals surface area contributed by atoms with Gasteiger partial charge < -0.3 is 5.32 Å². The standard InChI is InChI=1S/C18H22N4S/c1-12-9-17(14(3)23-12)13(2)20-10-16-5-6-18(21-11-16)22-8-7-19-15(22)4/h5-9,11,13,20H,10H2,1-4H3/t13-/m0/s1. The van der Waals surface area contributed by atoms with E-state index in [0.717, 1.165) is 18.2 Å². The van der Waals surface area contributed by atoms with E-state index in [1.807, 2.05) is 41.3 Å². The van der Waals surface area contributed by atoms with Crippen molar-refractivity contribution in [1.82, 2.24) is 19.9 Å². The Bertz CT molecular complexity index is 786. The summed E-state index contributed by atoms with van der Waals surface area (Å²) in [5.74, 6) is 1.85. The highest BCUT2D eigenvalue weighted by molar-refractivity contribution is 7.12. The van der Waals surface area contributed by atoms with Gasteiger partial charge in [0, 0.05) is 40.9 Å². The van der Waals surface area contributed by atoms with Gasteiger partial charge in [-0.1, -0.05) is 6.07 Å². The van der Waals surface area contributed by atoms with Crippen molar-refractivity contribution in [2.45, 2.75) is 40.3 Å². The van der Waals surface area contributed by atoms with E-state index in [4.69, 9.17) is 0 Å². The molecule has 5 heteroatoms. The van der Waals surface area contributed by atoms with Crippen LogP contribution >= 0.6 is 11.3 Å². The van der Waals surface area contributed by atoms with Crippen molar-refractivity contribution in [2.24, 2.45) is 0 Å². The van der Waals surface area contributed by atoms with Crippen molar-refractivity contribution in [3.8, 4) is 5.82 Å². The fraction of sp³-hybridized carbons (Fsp3) is 0.333. The molecule has 0 saturated heterocycles. The van der Waals surface area contributed by atoms with Gasteiger partial charge in [-0.25, -0.2) is 9.97 Å². The molecule has 120 valence electrons. The normalized spacial score (nSPS) is 12.5. The first-order valence-corrected chi connectivity index (χ1v) is 8.62. The zero-order valence-corrected chi connectivity index (χ0v) is 14.8. The van der Waals surface area contributed by atoms with Gasteiger partial charge in [-0.05, 0) is 51.0 Å². The molecule has 0 aliphatic carbocycles. The smallest absolute Gasteiger partial charge is 0.137 e. The van der Waals surface area contributed by atoms with Crippen molar-refractivity contribution in [3.05, 3.63) is 63.5 Å². The van der Waals surface area contributed by atoms with Crippen molar-refractivity contribution in [2.75, 3.05) is 0 Å². The average molecular weight is 326 g/mol. The zero-order valence-electron chi connectivity index (χ0n) is 14.0. The molecule has 0 radical (unpaired) electrons. The Morgan fingerprint density at radius 2 is 2.04 bits per heavy atom. The molecule has 4 nitrogen and oxygen atoms in total. The van der Waals surface area contributed by atoms with E-state index in [1.54, 1.807) is 6.20 Å². The predicted molar refractivity (Wildman–Crippen MR) is 95.1 cm³/mol. The van der Waals surface area contributed by atoms with Gasteiger partial charge in [0.25, 0.3) is 0 Å². The molecule has 23 heavy (non-hydrogen) atoms. The summed E-state index contributed by atoms with van der Waals surface area (Å²) in [5.41, 5.74) is 2.58. The minimum Gasteiger partial charge on any atom is -0.306 e. The van der Waals surface area contributed by atoms with E-state index in [9.17, 15) is 0 Å². The van der Waals surface area contributed by atoms with Crippen molar-refractivity contribution < 1.29 is 0 Å². The number of aryl methyl sites for hydroxylation is 3. The molecule has 1 N–H and O–H groups in total. The number of nitrogens with one attached hydrogen (secondary N) is 1. The van der Waals surface area contributed by atoms with Crippen LogP contribution in [0, 0.1) is 20.8 Å². The summed E-state index contributed by atoms with van der Waals surface area (Å²) in [6.07, 6.45) is 5.65. The van der Waals surface area contributed by atoms with Gasteiger partial charge in [0.2, 0.25) is 0 Å². The highest BCUT2D eigenvalue weighted by Crippen LogP contribution is 2.26. The highest BCUT2D eigenvalue weighted by atomic mass is 32.1. The van der Waals surface area contributed by atoms with Crippen molar-refractivity contribution in [3.63, 3.8) is 0 Å². The molecule has 0 amide bonds. The topological polar surface area (TPSA) is 42.7 Å². The summed E-state index contributed by atoms with van der Waals surface area (Å²) in [6.45, 7) is 9.35. The maximum Gasteiger partial charge on any atom is 0.137 e. The molecule has 0 spiro atoms. The summed E-state index contributed by atoms with van der Waals surface area (Å²) in [4.78, 5) is 11.5. The molecule has 0 bridgehead atoms. The van der Waals surface area contributed by atoms with E-state index in [0.29, 0.717) is 6.04 Å². The fourth-order valence-electron chi connectivity index (χ4n) is 2.75. The molecule has 3 aromatic heterocycles. The van der Waals surface area contributed by atoms with Crippen LogP contribution in [0.2, 0.25) is 0 Å². The lowest BCUT2D eigenvalue weighted by Crippen LogP contribution is -2.18. The molecular formula is C18H22N4S. The molecule has 0 unspecified atom stereocenters. The van der Waals surface area contributed by atoms with Gasteiger partial charge in [0.15, 0.2) is 0 Å². The zero-order chi connectivity index (χ0) is 16.4. The number of aromatic nitrogens is 3. The Balaban J connectivity index is 1.65. The van der Waals surface area contributed by atoms with Crippen LogP contribution in [0.15, 0.2) is 36.8 Å². The number of nitrogens with zero attached hydrogens (tertiary/aromatic N) is 3. The van der Waals surface area contributed by atoms with Gasteiger partial charge >= 0.3 is 0 Å². The molecule has 3 heterocycles. The quantitative estimate of drug-likeness (QED) is 0.767. The number of imidazole rings is 1. The van der Waals surface area contributed by atoms with Crippen molar-refractivity contribution >= 4 is 11.3 Å². The third-order valence-electron chi connectivity index (χ3n) is 4.04. The molecule has 0 aliphatic rings. The molecule has 0 aromatic carbocycles. The minimum atomic E-state index is 0.343. The number of hydrogen-bond acceptors (Lipinski definition) is 4. The highest BCUT2D eigenvalue weighted by Gasteiger charge is 2.11. The lowest BCUT2D eigenvalue weighted by Gasteiger charge is -2.14. The largest absolute Gasteiger partial charge is 0.306 e. The first kappa shape index (κ1) is 15.9. The third-order valence-corrected chi connectivity index (χ3v) is 5.02. The molecule has 0 aliphatic heterocycles. The fourth-order valence-corrected chi connectivity index (χ4v) is 3.77. The second-order valence-corrected chi connectivity index (χ2v) is 7.30. The summed E-state index contributed by atoms with van der Waals surface area (Å²) >= 11 is 1.86. The molecule has 3 aromatic rings. The van der Waals surface area contributed by atoms with E-state index < -0.39 is 0 Å². The van der Waals surface area contributed by atoms with Crippen LogP contribution in [0.4, 0.5) is 0 Å². The Morgan fingerprint density at radius 1 is 1.22 bits per heavy atom. The summed E-state index contributed by atoms with van der Waals surface area (Å²) in [7, 11) is 0. The van der Waals surface area contributed by atoms with E-state index in [1.165, 1.54) is 20.9 Å². The first-order chi connectivity index (χ1) is 11.0. The number of rotatable bonds is 5. The maximum atomic E-state index is 4.54. The van der Waals surface area contributed by atoms with Crippen LogP contribution in [0.25, 0.3) is 5.82 Å². The maximum absolute atomic E-state index is 4.54. The van der Waals surface area contributed by atoms with Crippen LogP contribution in [0.1, 0.15) is 39.7 Å². The lowest BCUT2D eigenvalue weighted by atomic mass is 10.1. The third kappa shape index (κ3) is 3.51. The summed E-state index contributed by atoms with van der Waals surface area (Å²) < 4.78 is 1.98. The van der Waals surface area contributed by atoms with E-state index in [2.05, 4.69) is 48.2 Å². The first-order valence-electron chi connectivity index (χ1n) is 7.80. The average Bonchev–Trinajstić information content (AvgIpc) is 3.10. The van der Waals surface area contributed by atoms with Gasteiger partial charge in [-0.3, -0.25) is 4.57 Å². The number of hydrogen-bond donors (Lipinski definition) is 1. The van der Waals surface area contributed by atoms with Gasteiger partial charge in [-0.2, -0.15) is 0 Å². The van der Waals surface area contributed by atoms with E-state index in [-0.39, 0.29) is 0 Å². The number of pyridine rings is 1. The molecule has 0 fully saturated rings. The SMILES string of the molecule is Cc1cc([C@H](C)NCc2ccc(-n3ccnc3C)nc2)c(C)s1. The summed E-state index contributed by atoms with van der Waals surface area (Å²) in [6, 6.07) is 6.78. The Morgan fingerprint density at radius 3 is 2.61 bits per heavy atom. The van der Waals surface area contributed by atoms with Crippen LogP contribution in [0.3, 0.4) is 0 Å². The van der Waals surface area contributed by atoms with Gasteiger partial charge in [-0.15, -0.1) is 11.3 Å². The van der Waals surface area contributed by atoms with E-state index >= 15 is 0 Å². The molecule has 1 atom stereocenters. The van der Waals surface area contributed by atoms with Crippen LogP contribution < -0.4 is 5.32 Å².